The molecule has 0 fully saturated rings. The summed E-state index contributed by atoms with van der Waals surface area (Å²) in [4.78, 5) is 7.47. The molecule has 0 bridgehead atoms. The summed E-state index contributed by atoms with van der Waals surface area (Å²) < 4.78 is 2.49. The van der Waals surface area contributed by atoms with E-state index in [1.807, 2.05) is 23.5 Å². The first kappa shape index (κ1) is 22.3. The van der Waals surface area contributed by atoms with Gasteiger partial charge in [0, 0.05) is 51.1 Å². The minimum absolute atomic E-state index is 0.750. The van der Waals surface area contributed by atoms with Crippen molar-refractivity contribution in [1.29, 1.82) is 0 Å². The molecular formula is C31H20ClNS3. The van der Waals surface area contributed by atoms with E-state index in [2.05, 4.69) is 115 Å². The van der Waals surface area contributed by atoms with E-state index in [0.717, 1.165) is 22.1 Å². The van der Waals surface area contributed by atoms with Crippen molar-refractivity contribution in [2.75, 3.05) is 4.90 Å². The van der Waals surface area contributed by atoms with Crippen molar-refractivity contribution >= 4 is 83.7 Å². The highest BCUT2D eigenvalue weighted by molar-refractivity contribution is 8.05. The highest BCUT2D eigenvalue weighted by atomic mass is 35.5. The fourth-order valence-corrected chi connectivity index (χ4v) is 8.37. The van der Waals surface area contributed by atoms with Crippen molar-refractivity contribution in [3.63, 3.8) is 0 Å². The van der Waals surface area contributed by atoms with Crippen molar-refractivity contribution in [3.8, 4) is 0 Å². The molecule has 1 nitrogen and oxygen atoms in total. The van der Waals surface area contributed by atoms with Crippen LogP contribution in [-0.2, 0) is 0 Å². The molecule has 1 aliphatic heterocycles. The zero-order valence-corrected chi connectivity index (χ0v) is 22.6. The van der Waals surface area contributed by atoms with E-state index >= 15 is 0 Å². The molecule has 0 spiro atoms. The number of aryl methyl sites for hydroxylation is 1. The highest BCUT2D eigenvalue weighted by Crippen LogP contribution is 2.51. The number of benzene rings is 5. The van der Waals surface area contributed by atoms with Gasteiger partial charge in [-0.1, -0.05) is 83.2 Å². The Bertz CT molecular complexity index is 1770. The van der Waals surface area contributed by atoms with Crippen LogP contribution in [0.25, 0.3) is 20.2 Å². The van der Waals surface area contributed by atoms with Gasteiger partial charge in [0.2, 0.25) is 0 Å². The van der Waals surface area contributed by atoms with Gasteiger partial charge in [-0.3, -0.25) is 0 Å². The number of halogens is 1. The van der Waals surface area contributed by atoms with E-state index in [1.54, 1.807) is 11.3 Å². The van der Waals surface area contributed by atoms with Gasteiger partial charge in [-0.15, -0.1) is 11.3 Å². The van der Waals surface area contributed by atoms with Crippen LogP contribution in [0.1, 0.15) is 5.56 Å². The summed E-state index contributed by atoms with van der Waals surface area (Å²) in [6.07, 6.45) is 0. The topological polar surface area (TPSA) is 3.24 Å². The molecular weight excluding hydrogens is 518 g/mol. The lowest BCUT2D eigenvalue weighted by Crippen LogP contribution is -2.11. The Labute approximate surface area is 227 Å². The number of thiophene rings is 1. The summed E-state index contributed by atoms with van der Waals surface area (Å²) >= 11 is 12.5. The van der Waals surface area contributed by atoms with Crippen molar-refractivity contribution in [2.45, 2.75) is 26.5 Å². The fraction of sp³-hybridized carbons (Fsp3) is 0.0323. The third-order valence-corrected chi connectivity index (χ3v) is 10.4. The summed E-state index contributed by atoms with van der Waals surface area (Å²) in [5.74, 6) is 0. The maximum Gasteiger partial charge on any atom is 0.0661 e. The third-order valence-electron chi connectivity index (χ3n) is 6.45. The predicted octanol–water partition coefficient (Wildman–Crippen LogP) is 11.1. The third kappa shape index (κ3) is 3.80. The maximum absolute atomic E-state index is 7.02. The van der Waals surface area contributed by atoms with Crippen LogP contribution in [0.5, 0.6) is 0 Å². The van der Waals surface area contributed by atoms with Crippen molar-refractivity contribution < 1.29 is 0 Å². The molecule has 6 aromatic rings. The van der Waals surface area contributed by atoms with Gasteiger partial charge in [-0.2, -0.15) is 0 Å². The Balaban J connectivity index is 1.42. The minimum Gasteiger partial charge on any atom is -0.309 e. The fourth-order valence-electron chi connectivity index (χ4n) is 4.68. The number of hydrogen-bond acceptors (Lipinski definition) is 4. The average molecular weight is 538 g/mol. The zero-order chi connectivity index (χ0) is 24.2. The lowest BCUT2D eigenvalue weighted by molar-refractivity contribution is 1.14. The second-order valence-corrected chi connectivity index (χ2v) is 12.5. The molecule has 0 unspecified atom stereocenters. The molecule has 0 N–H and O–H groups in total. The molecule has 0 saturated carbocycles. The minimum atomic E-state index is 0.750. The molecule has 174 valence electrons. The van der Waals surface area contributed by atoms with E-state index in [0.29, 0.717) is 0 Å². The quantitative estimate of drug-likeness (QED) is 0.220. The summed E-state index contributed by atoms with van der Waals surface area (Å²) in [5.41, 5.74) is 4.42. The summed E-state index contributed by atoms with van der Waals surface area (Å²) in [6.45, 7) is 2.12. The summed E-state index contributed by atoms with van der Waals surface area (Å²) in [7, 11) is 0. The van der Waals surface area contributed by atoms with Gasteiger partial charge >= 0.3 is 0 Å². The smallest absolute Gasteiger partial charge is 0.0661 e. The molecule has 1 aromatic heterocycles. The van der Waals surface area contributed by atoms with Crippen molar-refractivity contribution in [3.05, 3.63) is 114 Å². The Morgan fingerprint density at radius 2 is 1.25 bits per heavy atom. The Hall–Kier alpha value is -2.89. The number of nitrogens with zero attached hydrogens (tertiary/aromatic N) is 1. The molecule has 0 amide bonds. The standard InChI is InChI=1S/C31H20ClNS3/c1-19-10-12-20(13-11-19)33(21-14-15-29-31(16-21)36-28-9-5-4-8-27(28)35-29)25-17-23-22-6-2-3-7-26(22)34-30(23)18-24(25)32/h2-18H,1H3. The average Bonchev–Trinajstić information content (AvgIpc) is 3.26. The number of anilines is 3. The van der Waals surface area contributed by atoms with E-state index in [9.17, 15) is 0 Å². The van der Waals surface area contributed by atoms with Gasteiger partial charge in [0.25, 0.3) is 0 Å². The monoisotopic (exact) mass is 537 g/mol. The van der Waals surface area contributed by atoms with Crippen LogP contribution in [-0.4, -0.2) is 0 Å². The first-order valence-electron chi connectivity index (χ1n) is 11.7. The number of hydrogen-bond donors (Lipinski definition) is 0. The molecule has 5 heteroatoms. The first-order valence-corrected chi connectivity index (χ1v) is 14.5. The van der Waals surface area contributed by atoms with Crippen molar-refractivity contribution in [1.82, 2.24) is 0 Å². The molecule has 2 heterocycles. The molecule has 0 radical (unpaired) electrons. The van der Waals surface area contributed by atoms with Crippen molar-refractivity contribution in [2.24, 2.45) is 0 Å². The number of fused-ring (bicyclic) bond motifs is 5. The van der Waals surface area contributed by atoms with Gasteiger partial charge in [0.1, 0.15) is 0 Å². The normalized spacial score (nSPS) is 12.5. The lowest BCUT2D eigenvalue weighted by atomic mass is 10.1. The van der Waals surface area contributed by atoms with Crippen LogP contribution >= 0.6 is 46.5 Å². The lowest BCUT2D eigenvalue weighted by Gasteiger charge is -2.28. The molecule has 5 aromatic carbocycles. The SMILES string of the molecule is Cc1ccc(N(c2ccc3c(c2)Sc2ccccc2S3)c2cc3c(cc2Cl)sc2ccccc23)cc1. The zero-order valence-electron chi connectivity index (χ0n) is 19.4. The largest absolute Gasteiger partial charge is 0.309 e. The Kier molecular flexibility index (Phi) is 5.51. The van der Waals surface area contributed by atoms with Crippen LogP contribution in [0, 0.1) is 6.92 Å². The molecule has 0 saturated heterocycles. The maximum atomic E-state index is 7.02. The molecule has 36 heavy (non-hydrogen) atoms. The first-order chi connectivity index (χ1) is 17.6. The molecule has 7 rings (SSSR count). The van der Waals surface area contributed by atoms with Crippen LogP contribution in [0.4, 0.5) is 17.1 Å². The van der Waals surface area contributed by atoms with Gasteiger partial charge in [0.15, 0.2) is 0 Å². The van der Waals surface area contributed by atoms with Crippen LogP contribution in [0.2, 0.25) is 5.02 Å². The molecule has 0 atom stereocenters. The van der Waals surface area contributed by atoms with E-state index in [-0.39, 0.29) is 0 Å². The summed E-state index contributed by atoms with van der Waals surface area (Å²) in [6, 6.07) is 37.0. The number of rotatable bonds is 3. The summed E-state index contributed by atoms with van der Waals surface area (Å²) in [5, 5.41) is 3.26. The Morgan fingerprint density at radius 1 is 0.583 bits per heavy atom. The highest BCUT2D eigenvalue weighted by Gasteiger charge is 2.22. The van der Waals surface area contributed by atoms with Crippen LogP contribution < -0.4 is 4.90 Å². The second-order valence-electron chi connectivity index (χ2n) is 8.85. The van der Waals surface area contributed by atoms with Crippen LogP contribution in [0.15, 0.2) is 123 Å². The van der Waals surface area contributed by atoms with E-state index in [4.69, 9.17) is 11.6 Å². The second kappa shape index (κ2) is 8.89. The molecule has 0 aliphatic carbocycles. The van der Waals surface area contributed by atoms with Gasteiger partial charge in [-0.25, -0.2) is 0 Å². The van der Waals surface area contributed by atoms with E-state index < -0.39 is 0 Å². The van der Waals surface area contributed by atoms with Gasteiger partial charge in [-0.05, 0) is 67.6 Å². The van der Waals surface area contributed by atoms with Gasteiger partial charge < -0.3 is 4.90 Å². The molecule has 1 aliphatic rings. The Morgan fingerprint density at radius 3 is 2.06 bits per heavy atom. The van der Waals surface area contributed by atoms with E-state index in [1.165, 1.54) is 45.3 Å². The van der Waals surface area contributed by atoms with Crippen LogP contribution in [0.3, 0.4) is 0 Å². The van der Waals surface area contributed by atoms with Gasteiger partial charge in [0.05, 0.1) is 10.7 Å². The predicted molar refractivity (Wildman–Crippen MR) is 158 cm³/mol.